The van der Waals surface area contributed by atoms with E-state index in [-0.39, 0.29) is 11.9 Å². The van der Waals surface area contributed by atoms with Crippen molar-refractivity contribution >= 4 is 11.6 Å². The summed E-state index contributed by atoms with van der Waals surface area (Å²) in [5, 5.41) is 4.67. The molecular formula is C23H24N4O2. The largest absolute Gasteiger partial charge is 0.489 e. The van der Waals surface area contributed by atoms with Crippen molar-refractivity contribution in [3.63, 3.8) is 0 Å². The van der Waals surface area contributed by atoms with Crippen molar-refractivity contribution in [2.45, 2.75) is 19.0 Å². The van der Waals surface area contributed by atoms with Crippen LogP contribution in [0.5, 0.6) is 5.75 Å². The van der Waals surface area contributed by atoms with Crippen molar-refractivity contribution in [2.75, 3.05) is 31.6 Å². The van der Waals surface area contributed by atoms with Crippen LogP contribution in [-0.2, 0) is 13.0 Å². The molecule has 1 atom stereocenters. The number of rotatable bonds is 3. The Morgan fingerprint density at radius 2 is 1.90 bits per heavy atom. The van der Waals surface area contributed by atoms with Gasteiger partial charge in [-0.05, 0) is 17.7 Å². The second-order valence-corrected chi connectivity index (χ2v) is 7.73. The Morgan fingerprint density at radius 1 is 1.10 bits per heavy atom. The number of amides is 1. The molecule has 2 aromatic carbocycles. The molecule has 0 saturated heterocycles. The van der Waals surface area contributed by atoms with E-state index in [1.54, 1.807) is 0 Å². The number of aromatic nitrogens is 2. The molecule has 6 heteroatoms. The quantitative estimate of drug-likeness (QED) is 0.692. The average molecular weight is 388 g/mol. The van der Waals surface area contributed by atoms with Gasteiger partial charge in [-0.2, -0.15) is 5.10 Å². The molecule has 0 N–H and O–H groups in total. The number of hydrogen-bond acceptors (Lipinski definition) is 4. The lowest BCUT2D eigenvalue weighted by atomic mass is 10.1. The third-order valence-corrected chi connectivity index (χ3v) is 5.74. The number of ether oxygens (including phenoxy) is 1. The van der Waals surface area contributed by atoms with Crippen LogP contribution in [0.2, 0.25) is 0 Å². The molecule has 1 aromatic heterocycles. The van der Waals surface area contributed by atoms with Crippen LogP contribution in [0.25, 0.3) is 0 Å². The summed E-state index contributed by atoms with van der Waals surface area (Å²) in [6.07, 6.45) is 2.67. The standard InChI is InChI=1S/C23H24N4O2/c1-25-14-18(16-29-22-10-6-5-9-21(22)25)27-12-11-20-19(23(27)28)15-26(24-20)13-17-7-3-2-4-8-17/h2-10,15,18H,11-14,16H2,1H3/t18-/m0/s1. The molecule has 148 valence electrons. The summed E-state index contributed by atoms with van der Waals surface area (Å²) in [6, 6.07) is 18.2. The monoisotopic (exact) mass is 388 g/mol. The van der Waals surface area contributed by atoms with Crippen LogP contribution in [0, 0.1) is 0 Å². The molecule has 0 aliphatic carbocycles. The van der Waals surface area contributed by atoms with Crippen LogP contribution >= 0.6 is 0 Å². The molecule has 6 nitrogen and oxygen atoms in total. The summed E-state index contributed by atoms with van der Waals surface area (Å²) in [5.74, 6) is 0.928. The van der Waals surface area contributed by atoms with Gasteiger partial charge in [0.2, 0.25) is 0 Å². The highest BCUT2D eigenvalue weighted by Gasteiger charge is 2.34. The smallest absolute Gasteiger partial charge is 0.257 e. The number of carbonyl (C=O) groups is 1. The lowest BCUT2D eigenvalue weighted by Crippen LogP contribution is -2.51. The van der Waals surface area contributed by atoms with Crippen molar-refractivity contribution in [1.82, 2.24) is 14.7 Å². The molecule has 0 radical (unpaired) electrons. The molecule has 0 saturated carbocycles. The van der Waals surface area contributed by atoms with Gasteiger partial charge in [-0.1, -0.05) is 42.5 Å². The minimum atomic E-state index is 0.00511. The van der Waals surface area contributed by atoms with Gasteiger partial charge in [-0.25, -0.2) is 0 Å². The molecule has 0 fully saturated rings. The third kappa shape index (κ3) is 3.35. The minimum Gasteiger partial charge on any atom is -0.489 e. The van der Waals surface area contributed by atoms with Crippen LogP contribution in [0.4, 0.5) is 5.69 Å². The number of likely N-dealkylation sites (N-methyl/N-ethyl adjacent to an activating group) is 1. The van der Waals surface area contributed by atoms with Crippen LogP contribution < -0.4 is 9.64 Å². The maximum Gasteiger partial charge on any atom is 0.257 e. The van der Waals surface area contributed by atoms with Gasteiger partial charge in [0.25, 0.3) is 5.91 Å². The average Bonchev–Trinajstić information content (AvgIpc) is 3.08. The van der Waals surface area contributed by atoms with E-state index in [0.717, 1.165) is 35.7 Å². The molecule has 2 aliphatic heterocycles. The van der Waals surface area contributed by atoms with Crippen LogP contribution in [0.15, 0.2) is 60.8 Å². The fourth-order valence-electron chi connectivity index (χ4n) is 4.24. The summed E-state index contributed by atoms with van der Waals surface area (Å²) in [6.45, 7) is 2.59. The van der Waals surface area contributed by atoms with Gasteiger partial charge in [-0.3, -0.25) is 9.48 Å². The first-order chi connectivity index (χ1) is 14.2. The predicted octanol–water partition coefficient (Wildman–Crippen LogP) is 2.83. The topological polar surface area (TPSA) is 50.6 Å². The first-order valence-electron chi connectivity index (χ1n) is 10.0. The molecule has 5 rings (SSSR count). The summed E-state index contributed by atoms with van der Waals surface area (Å²) in [7, 11) is 2.05. The molecule has 3 aromatic rings. The van der Waals surface area contributed by atoms with Gasteiger partial charge in [0.15, 0.2) is 0 Å². The molecular weight excluding hydrogens is 364 g/mol. The van der Waals surface area contributed by atoms with E-state index in [1.165, 1.54) is 5.56 Å². The summed E-state index contributed by atoms with van der Waals surface area (Å²) >= 11 is 0. The van der Waals surface area contributed by atoms with Gasteiger partial charge in [0, 0.05) is 32.8 Å². The van der Waals surface area contributed by atoms with Gasteiger partial charge < -0.3 is 14.5 Å². The number of carbonyl (C=O) groups excluding carboxylic acids is 1. The Balaban J connectivity index is 1.35. The van der Waals surface area contributed by atoms with Crippen LogP contribution in [-0.4, -0.2) is 53.4 Å². The molecule has 0 spiro atoms. The molecule has 0 unspecified atom stereocenters. The molecule has 2 aliphatic rings. The highest BCUT2D eigenvalue weighted by molar-refractivity contribution is 5.96. The van der Waals surface area contributed by atoms with Gasteiger partial charge in [0.05, 0.1) is 29.5 Å². The van der Waals surface area contributed by atoms with E-state index >= 15 is 0 Å². The molecule has 0 bridgehead atoms. The van der Waals surface area contributed by atoms with Crippen molar-refractivity contribution in [2.24, 2.45) is 0 Å². The molecule has 1 amide bonds. The minimum absolute atomic E-state index is 0.00511. The Hall–Kier alpha value is -3.28. The second-order valence-electron chi connectivity index (χ2n) is 7.73. The zero-order chi connectivity index (χ0) is 19.8. The molecule has 3 heterocycles. The number of hydrogen-bond donors (Lipinski definition) is 0. The van der Waals surface area contributed by atoms with Crippen molar-refractivity contribution < 1.29 is 9.53 Å². The second kappa shape index (κ2) is 7.28. The van der Waals surface area contributed by atoms with E-state index in [0.29, 0.717) is 19.7 Å². The Morgan fingerprint density at radius 3 is 2.76 bits per heavy atom. The van der Waals surface area contributed by atoms with E-state index in [2.05, 4.69) is 35.2 Å². The van der Waals surface area contributed by atoms with Crippen molar-refractivity contribution in [3.05, 3.63) is 77.6 Å². The Bertz CT molecular complexity index is 1030. The highest BCUT2D eigenvalue weighted by atomic mass is 16.5. The summed E-state index contributed by atoms with van der Waals surface area (Å²) in [4.78, 5) is 17.4. The van der Waals surface area contributed by atoms with Gasteiger partial charge in [0.1, 0.15) is 12.4 Å². The number of anilines is 1. The predicted molar refractivity (Wildman–Crippen MR) is 112 cm³/mol. The van der Waals surface area contributed by atoms with Crippen LogP contribution in [0.3, 0.4) is 0 Å². The summed E-state index contributed by atoms with van der Waals surface area (Å²) in [5.41, 5.74) is 3.86. The first kappa shape index (κ1) is 17.8. The number of fused-ring (bicyclic) bond motifs is 2. The van der Waals surface area contributed by atoms with Crippen molar-refractivity contribution in [1.29, 1.82) is 0 Å². The van der Waals surface area contributed by atoms with E-state index < -0.39 is 0 Å². The Kier molecular flexibility index (Phi) is 4.46. The van der Waals surface area contributed by atoms with Crippen LogP contribution in [0.1, 0.15) is 21.6 Å². The van der Waals surface area contributed by atoms with E-state index in [9.17, 15) is 4.79 Å². The summed E-state index contributed by atoms with van der Waals surface area (Å²) < 4.78 is 7.93. The van der Waals surface area contributed by atoms with E-state index in [4.69, 9.17) is 4.74 Å². The zero-order valence-corrected chi connectivity index (χ0v) is 16.5. The lowest BCUT2D eigenvalue weighted by Gasteiger charge is -2.34. The number of nitrogens with zero attached hydrogens (tertiary/aromatic N) is 4. The number of para-hydroxylation sites is 2. The third-order valence-electron chi connectivity index (χ3n) is 5.74. The number of benzene rings is 2. The van der Waals surface area contributed by atoms with Gasteiger partial charge >= 0.3 is 0 Å². The normalized spacial score (nSPS) is 18.7. The SMILES string of the molecule is CN1C[C@H](N2CCc3nn(Cc4ccccc4)cc3C2=O)COc2ccccc21. The van der Waals surface area contributed by atoms with E-state index in [1.807, 2.05) is 52.2 Å². The fraction of sp³-hybridized carbons (Fsp3) is 0.304. The van der Waals surface area contributed by atoms with Gasteiger partial charge in [-0.15, -0.1) is 0 Å². The molecule has 29 heavy (non-hydrogen) atoms. The highest BCUT2D eigenvalue weighted by Crippen LogP contribution is 2.31. The van der Waals surface area contributed by atoms with Crippen molar-refractivity contribution in [3.8, 4) is 5.75 Å². The Labute approximate surface area is 170 Å². The fourth-order valence-corrected chi connectivity index (χ4v) is 4.24. The zero-order valence-electron chi connectivity index (χ0n) is 16.5. The lowest BCUT2D eigenvalue weighted by molar-refractivity contribution is 0.0610. The maximum absolute atomic E-state index is 13.3. The maximum atomic E-state index is 13.3. The first-order valence-corrected chi connectivity index (χ1v) is 10.0.